The maximum absolute atomic E-state index is 12.8. The molecule has 0 bridgehead atoms. The normalized spacial score (nSPS) is 14.5. The Bertz CT molecular complexity index is 557. The van der Waals surface area contributed by atoms with Gasteiger partial charge in [-0.3, -0.25) is 4.79 Å². The number of rotatable bonds is 12. The van der Waals surface area contributed by atoms with Crippen LogP contribution < -0.4 is 10.1 Å². The highest BCUT2D eigenvalue weighted by Crippen LogP contribution is 2.30. The van der Waals surface area contributed by atoms with E-state index in [2.05, 4.69) is 12.2 Å². The third kappa shape index (κ3) is 7.14. The lowest BCUT2D eigenvalue weighted by Gasteiger charge is -2.28. The third-order valence-corrected chi connectivity index (χ3v) is 4.33. The van der Waals surface area contributed by atoms with Gasteiger partial charge in [-0.1, -0.05) is 38.3 Å². The molecule has 1 N–H and O–H groups in total. The number of hydrogen-bond donors (Lipinski definition) is 1. The Kier molecular flexibility index (Phi) is 9.99. The molecule has 0 saturated heterocycles. The van der Waals surface area contributed by atoms with Gasteiger partial charge < -0.3 is 19.5 Å². The summed E-state index contributed by atoms with van der Waals surface area (Å²) in [5.41, 5.74) is -0.227. The van der Waals surface area contributed by atoms with Gasteiger partial charge in [0.15, 0.2) is 0 Å². The molecule has 0 heterocycles. The first kappa shape index (κ1) is 22.7. The fourth-order valence-electron chi connectivity index (χ4n) is 2.52. The van der Waals surface area contributed by atoms with Crippen LogP contribution in [-0.2, 0) is 14.3 Å². The van der Waals surface area contributed by atoms with E-state index in [0.717, 1.165) is 19.3 Å². The summed E-state index contributed by atoms with van der Waals surface area (Å²) in [7, 11) is 1.62. The van der Waals surface area contributed by atoms with E-state index in [4.69, 9.17) is 25.8 Å². The molecule has 1 rings (SSSR count). The van der Waals surface area contributed by atoms with Gasteiger partial charge in [-0.25, -0.2) is 0 Å². The first-order chi connectivity index (χ1) is 12.4. The minimum atomic E-state index is -0.847. The van der Waals surface area contributed by atoms with Crippen molar-refractivity contribution in [1.29, 1.82) is 0 Å². The molecule has 0 aliphatic rings. The number of benzene rings is 1. The molecule has 0 fully saturated rings. The molecule has 0 saturated carbocycles. The SMILES string of the molecule is CCCC[C@@](C)(OCCC)C(=O)Nc1ccc(O[C@H](C)COC)c(Cl)c1. The number of anilines is 1. The van der Waals surface area contributed by atoms with Gasteiger partial charge in [0.05, 0.1) is 11.6 Å². The molecule has 0 aromatic heterocycles. The molecule has 2 atom stereocenters. The Labute approximate surface area is 162 Å². The van der Waals surface area contributed by atoms with Crippen molar-refractivity contribution in [1.82, 2.24) is 0 Å². The standard InChI is InChI=1S/C20H32ClNO4/c1-6-8-11-20(4,25-12-7-2)19(23)22-16-9-10-18(17(21)13-16)26-15(3)14-24-5/h9-10,13,15H,6-8,11-12,14H2,1-5H3,(H,22,23)/t15-,20-/m1/s1. The monoisotopic (exact) mass is 385 g/mol. The van der Waals surface area contributed by atoms with Gasteiger partial charge in [0.25, 0.3) is 5.91 Å². The topological polar surface area (TPSA) is 56.8 Å². The summed E-state index contributed by atoms with van der Waals surface area (Å²) in [5.74, 6) is 0.405. The molecule has 1 aromatic carbocycles. The van der Waals surface area contributed by atoms with Crippen LogP contribution in [-0.4, -0.2) is 37.9 Å². The predicted molar refractivity (Wildman–Crippen MR) is 106 cm³/mol. The smallest absolute Gasteiger partial charge is 0.256 e. The average Bonchev–Trinajstić information content (AvgIpc) is 2.60. The summed E-state index contributed by atoms with van der Waals surface area (Å²) in [6.07, 6.45) is 3.37. The van der Waals surface area contributed by atoms with Crippen LogP contribution in [0.25, 0.3) is 0 Å². The molecule has 0 spiro atoms. The lowest BCUT2D eigenvalue weighted by molar-refractivity contribution is -0.140. The largest absolute Gasteiger partial charge is 0.487 e. The third-order valence-electron chi connectivity index (χ3n) is 4.03. The minimum Gasteiger partial charge on any atom is -0.487 e. The Morgan fingerprint density at radius 2 is 2.04 bits per heavy atom. The fourth-order valence-corrected chi connectivity index (χ4v) is 2.74. The van der Waals surface area contributed by atoms with Gasteiger partial charge in [0.2, 0.25) is 0 Å². The van der Waals surface area contributed by atoms with Crippen LogP contribution in [0.2, 0.25) is 5.02 Å². The molecule has 0 unspecified atom stereocenters. The fraction of sp³-hybridized carbons (Fsp3) is 0.650. The summed E-state index contributed by atoms with van der Waals surface area (Å²) < 4.78 is 16.6. The van der Waals surface area contributed by atoms with Gasteiger partial charge in [0, 0.05) is 19.4 Å². The molecule has 5 nitrogen and oxygen atoms in total. The van der Waals surface area contributed by atoms with Crippen molar-refractivity contribution < 1.29 is 19.0 Å². The predicted octanol–water partition coefficient (Wildman–Crippen LogP) is 5.07. The zero-order chi connectivity index (χ0) is 19.6. The highest BCUT2D eigenvalue weighted by Gasteiger charge is 2.33. The highest BCUT2D eigenvalue weighted by atomic mass is 35.5. The number of hydrogen-bond acceptors (Lipinski definition) is 4. The Morgan fingerprint density at radius 1 is 1.31 bits per heavy atom. The number of carbonyl (C=O) groups excluding carboxylic acids is 1. The second-order valence-corrected chi connectivity index (χ2v) is 7.07. The molecule has 0 radical (unpaired) electrons. The zero-order valence-electron chi connectivity index (χ0n) is 16.6. The quantitative estimate of drug-likeness (QED) is 0.545. The van der Waals surface area contributed by atoms with Crippen molar-refractivity contribution in [2.24, 2.45) is 0 Å². The number of carbonyl (C=O) groups is 1. The van der Waals surface area contributed by atoms with Crippen molar-refractivity contribution in [2.75, 3.05) is 25.6 Å². The maximum Gasteiger partial charge on any atom is 0.256 e. The van der Waals surface area contributed by atoms with E-state index in [9.17, 15) is 4.79 Å². The molecule has 0 aliphatic heterocycles. The zero-order valence-corrected chi connectivity index (χ0v) is 17.3. The van der Waals surface area contributed by atoms with Crippen molar-refractivity contribution in [2.45, 2.75) is 65.1 Å². The van der Waals surface area contributed by atoms with E-state index >= 15 is 0 Å². The number of halogens is 1. The molecule has 148 valence electrons. The summed E-state index contributed by atoms with van der Waals surface area (Å²) in [6.45, 7) is 8.90. The van der Waals surface area contributed by atoms with Crippen LogP contribution in [0.4, 0.5) is 5.69 Å². The number of amides is 1. The summed E-state index contributed by atoms with van der Waals surface area (Å²) in [6, 6.07) is 5.22. The van der Waals surface area contributed by atoms with E-state index in [1.807, 2.05) is 20.8 Å². The molecule has 26 heavy (non-hydrogen) atoms. The molecular formula is C20H32ClNO4. The van der Waals surface area contributed by atoms with Gasteiger partial charge in [0.1, 0.15) is 17.5 Å². The average molecular weight is 386 g/mol. The van der Waals surface area contributed by atoms with Crippen LogP contribution in [0.3, 0.4) is 0 Å². The summed E-state index contributed by atoms with van der Waals surface area (Å²) in [5, 5.41) is 3.36. The van der Waals surface area contributed by atoms with Crippen molar-refractivity contribution >= 4 is 23.2 Å². The lowest BCUT2D eigenvalue weighted by atomic mass is 9.97. The first-order valence-corrected chi connectivity index (χ1v) is 9.64. The Hall–Kier alpha value is -1.30. The highest BCUT2D eigenvalue weighted by molar-refractivity contribution is 6.32. The van der Waals surface area contributed by atoms with Crippen LogP contribution >= 0.6 is 11.6 Å². The number of ether oxygens (including phenoxy) is 3. The first-order valence-electron chi connectivity index (χ1n) is 9.26. The van der Waals surface area contributed by atoms with E-state index in [0.29, 0.717) is 36.1 Å². The van der Waals surface area contributed by atoms with E-state index in [1.54, 1.807) is 25.3 Å². The molecule has 1 amide bonds. The molecule has 1 aromatic rings. The van der Waals surface area contributed by atoms with Crippen LogP contribution in [0, 0.1) is 0 Å². The number of methoxy groups -OCH3 is 1. The second kappa shape index (κ2) is 11.4. The lowest BCUT2D eigenvalue weighted by Crippen LogP contribution is -2.43. The summed E-state index contributed by atoms with van der Waals surface area (Å²) >= 11 is 6.29. The number of unbranched alkanes of at least 4 members (excludes halogenated alkanes) is 1. The van der Waals surface area contributed by atoms with E-state index < -0.39 is 5.60 Å². The van der Waals surface area contributed by atoms with Crippen molar-refractivity contribution in [3.8, 4) is 5.75 Å². The Balaban J connectivity index is 2.81. The van der Waals surface area contributed by atoms with Gasteiger partial charge >= 0.3 is 0 Å². The molecular weight excluding hydrogens is 354 g/mol. The van der Waals surface area contributed by atoms with E-state index in [-0.39, 0.29) is 12.0 Å². The molecule has 6 heteroatoms. The number of nitrogens with one attached hydrogen (secondary N) is 1. The Morgan fingerprint density at radius 3 is 2.62 bits per heavy atom. The maximum atomic E-state index is 12.8. The van der Waals surface area contributed by atoms with Crippen molar-refractivity contribution in [3.63, 3.8) is 0 Å². The van der Waals surface area contributed by atoms with Crippen molar-refractivity contribution in [3.05, 3.63) is 23.2 Å². The second-order valence-electron chi connectivity index (χ2n) is 6.67. The van der Waals surface area contributed by atoms with Crippen LogP contribution in [0.1, 0.15) is 53.4 Å². The molecule has 0 aliphatic carbocycles. The van der Waals surface area contributed by atoms with E-state index in [1.165, 1.54) is 0 Å². The van der Waals surface area contributed by atoms with Gasteiger partial charge in [-0.15, -0.1) is 0 Å². The minimum absolute atomic E-state index is 0.113. The van der Waals surface area contributed by atoms with Crippen LogP contribution in [0.15, 0.2) is 18.2 Å². The summed E-state index contributed by atoms with van der Waals surface area (Å²) in [4.78, 5) is 12.8. The van der Waals surface area contributed by atoms with Gasteiger partial charge in [-0.05, 0) is 44.9 Å². The van der Waals surface area contributed by atoms with Crippen LogP contribution in [0.5, 0.6) is 5.75 Å². The van der Waals surface area contributed by atoms with Gasteiger partial charge in [-0.2, -0.15) is 0 Å².